The zero-order valence-corrected chi connectivity index (χ0v) is 11.9. The lowest BCUT2D eigenvalue weighted by atomic mass is 10.1. The second kappa shape index (κ2) is 7.03. The summed E-state index contributed by atoms with van der Waals surface area (Å²) in [6.45, 7) is 11.7. The van der Waals surface area contributed by atoms with Crippen LogP contribution in [0.4, 0.5) is 0 Å². The number of likely N-dealkylation sites (tertiary alicyclic amines) is 1. The number of hydrogen-bond acceptors (Lipinski definition) is 2. The average molecular weight is 237 g/mol. The molecule has 17 heavy (non-hydrogen) atoms. The van der Waals surface area contributed by atoms with Crippen LogP contribution in [0.2, 0.25) is 0 Å². The fourth-order valence-electron chi connectivity index (χ4n) is 2.15. The van der Waals surface area contributed by atoms with Crippen molar-refractivity contribution in [1.82, 2.24) is 4.90 Å². The van der Waals surface area contributed by atoms with Crippen LogP contribution in [0.3, 0.4) is 0 Å². The Kier molecular flexibility index (Phi) is 6.02. The maximum absolute atomic E-state index is 5.81. The van der Waals surface area contributed by atoms with Gasteiger partial charge in [0, 0.05) is 6.42 Å². The van der Waals surface area contributed by atoms with E-state index >= 15 is 0 Å². The summed E-state index contributed by atoms with van der Waals surface area (Å²) in [7, 11) is 0. The summed E-state index contributed by atoms with van der Waals surface area (Å²) in [5, 5.41) is 0. The first-order valence-electron chi connectivity index (χ1n) is 6.83. The molecule has 1 saturated heterocycles. The van der Waals surface area contributed by atoms with Crippen molar-refractivity contribution in [3.05, 3.63) is 0 Å². The highest BCUT2D eigenvalue weighted by molar-refractivity contribution is 5.02. The molecular weight excluding hydrogens is 210 g/mol. The molecule has 1 rings (SSSR count). The monoisotopic (exact) mass is 237 g/mol. The van der Waals surface area contributed by atoms with Crippen molar-refractivity contribution < 1.29 is 4.74 Å². The molecule has 1 aliphatic rings. The van der Waals surface area contributed by atoms with Crippen LogP contribution in [0.25, 0.3) is 0 Å². The molecule has 2 heteroatoms. The van der Waals surface area contributed by atoms with E-state index in [0.29, 0.717) is 0 Å². The summed E-state index contributed by atoms with van der Waals surface area (Å²) in [4.78, 5) is 2.45. The third-order valence-electron chi connectivity index (χ3n) is 2.82. The van der Waals surface area contributed by atoms with Crippen molar-refractivity contribution in [1.29, 1.82) is 0 Å². The lowest BCUT2D eigenvalue weighted by Crippen LogP contribution is -2.30. The van der Waals surface area contributed by atoms with Gasteiger partial charge in [0.05, 0.1) is 18.2 Å². The van der Waals surface area contributed by atoms with E-state index in [1.807, 2.05) is 0 Å². The molecule has 1 fully saturated rings. The van der Waals surface area contributed by atoms with Gasteiger partial charge in [0.1, 0.15) is 0 Å². The molecule has 0 aromatic heterocycles. The van der Waals surface area contributed by atoms with Gasteiger partial charge in [-0.2, -0.15) is 0 Å². The third kappa shape index (κ3) is 7.41. The minimum Gasteiger partial charge on any atom is -0.372 e. The molecule has 1 unspecified atom stereocenters. The second-order valence-corrected chi connectivity index (χ2v) is 5.94. The summed E-state index contributed by atoms with van der Waals surface area (Å²) in [5.41, 5.74) is -0.0615. The van der Waals surface area contributed by atoms with Crippen LogP contribution in [0, 0.1) is 11.8 Å². The predicted octanol–water partition coefficient (Wildman–Crippen LogP) is 3.07. The number of ether oxygens (including phenoxy) is 1. The van der Waals surface area contributed by atoms with E-state index in [0.717, 1.165) is 13.0 Å². The molecule has 1 heterocycles. The Morgan fingerprint density at radius 1 is 1.12 bits per heavy atom. The molecule has 98 valence electrons. The maximum Gasteiger partial charge on any atom is 0.0663 e. The average Bonchev–Trinajstić information content (AvgIpc) is 2.23. The Bertz CT molecular complexity index is 263. The molecule has 0 N–H and O–H groups in total. The van der Waals surface area contributed by atoms with Crippen LogP contribution >= 0.6 is 0 Å². The number of nitrogens with zero attached hydrogens (tertiary/aromatic N) is 1. The molecule has 0 aliphatic carbocycles. The van der Waals surface area contributed by atoms with Crippen molar-refractivity contribution >= 4 is 0 Å². The maximum atomic E-state index is 5.81. The normalized spacial score (nSPS) is 19.5. The minimum atomic E-state index is -0.0615. The summed E-state index contributed by atoms with van der Waals surface area (Å²) in [6.07, 6.45) is 5.13. The Morgan fingerprint density at radius 2 is 1.76 bits per heavy atom. The highest BCUT2D eigenvalue weighted by Crippen LogP contribution is 2.12. The van der Waals surface area contributed by atoms with Crippen molar-refractivity contribution in [2.45, 2.75) is 65.1 Å². The fourth-order valence-corrected chi connectivity index (χ4v) is 2.15. The van der Waals surface area contributed by atoms with Crippen molar-refractivity contribution in [3.63, 3.8) is 0 Å². The molecule has 0 radical (unpaired) electrons. The van der Waals surface area contributed by atoms with Crippen LogP contribution < -0.4 is 0 Å². The van der Waals surface area contributed by atoms with Gasteiger partial charge < -0.3 is 4.74 Å². The lowest BCUT2D eigenvalue weighted by Gasteiger charge is -2.24. The summed E-state index contributed by atoms with van der Waals surface area (Å²) >= 11 is 0. The Labute approximate surface area is 107 Å². The molecular formula is C15H27NO. The Balaban J connectivity index is 2.16. The van der Waals surface area contributed by atoms with E-state index in [1.54, 1.807) is 0 Å². The molecule has 1 atom stereocenters. The first kappa shape index (κ1) is 14.5. The summed E-state index contributed by atoms with van der Waals surface area (Å²) < 4.78 is 5.81. The Hall–Kier alpha value is -0.520. The van der Waals surface area contributed by atoms with Gasteiger partial charge in [0.25, 0.3) is 0 Å². The van der Waals surface area contributed by atoms with Gasteiger partial charge in [0.15, 0.2) is 0 Å². The van der Waals surface area contributed by atoms with Gasteiger partial charge in [-0.15, -0.1) is 0 Å². The molecule has 0 spiro atoms. The highest BCUT2D eigenvalue weighted by atomic mass is 16.5. The quantitative estimate of drug-likeness (QED) is 0.699. The molecule has 0 aromatic carbocycles. The minimum absolute atomic E-state index is 0.0615. The van der Waals surface area contributed by atoms with Crippen LogP contribution in [0.1, 0.15) is 53.4 Å². The largest absolute Gasteiger partial charge is 0.372 e. The zero-order valence-electron chi connectivity index (χ0n) is 11.9. The van der Waals surface area contributed by atoms with E-state index < -0.39 is 0 Å². The topological polar surface area (TPSA) is 12.5 Å². The summed E-state index contributed by atoms with van der Waals surface area (Å²) in [6, 6.07) is 0. The van der Waals surface area contributed by atoms with E-state index in [4.69, 9.17) is 4.74 Å². The SMILES string of the molecule is CC(CC#CCN1CCCCC1)OC(C)(C)C. The molecule has 0 saturated carbocycles. The van der Waals surface area contributed by atoms with E-state index in [-0.39, 0.29) is 11.7 Å². The third-order valence-corrected chi connectivity index (χ3v) is 2.82. The van der Waals surface area contributed by atoms with Crippen LogP contribution in [-0.4, -0.2) is 36.2 Å². The van der Waals surface area contributed by atoms with Crippen molar-refractivity contribution in [2.24, 2.45) is 0 Å². The molecule has 2 nitrogen and oxygen atoms in total. The zero-order chi connectivity index (χ0) is 12.7. The van der Waals surface area contributed by atoms with Crippen LogP contribution in [0.5, 0.6) is 0 Å². The van der Waals surface area contributed by atoms with Crippen molar-refractivity contribution in [2.75, 3.05) is 19.6 Å². The van der Waals surface area contributed by atoms with E-state index in [2.05, 4.69) is 44.4 Å². The molecule has 1 aliphatic heterocycles. The summed E-state index contributed by atoms with van der Waals surface area (Å²) in [5.74, 6) is 6.51. The van der Waals surface area contributed by atoms with Crippen LogP contribution in [-0.2, 0) is 4.74 Å². The number of hydrogen-bond donors (Lipinski definition) is 0. The first-order valence-corrected chi connectivity index (χ1v) is 6.83. The highest BCUT2D eigenvalue weighted by Gasteiger charge is 2.14. The second-order valence-electron chi connectivity index (χ2n) is 5.94. The predicted molar refractivity (Wildman–Crippen MR) is 73.0 cm³/mol. The number of piperidine rings is 1. The lowest BCUT2D eigenvalue weighted by molar-refractivity contribution is -0.0485. The van der Waals surface area contributed by atoms with Gasteiger partial charge in [-0.05, 0) is 53.6 Å². The van der Waals surface area contributed by atoms with Gasteiger partial charge >= 0.3 is 0 Å². The van der Waals surface area contributed by atoms with E-state index in [9.17, 15) is 0 Å². The Morgan fingerprint density at radius 3 is 2.35 bits per heavy atom. The molecule has 0 amide bonds. The first-order chi connectivity index (χ1) is 7.97. The smallest absolute Gasteiger partial charge is 0.0663 e. The van der Waals surface area contributed by atoms with Crippen LogP contribution in [0.15, 0.2) is 0 Å². The van der Waals surface area contributed by atoms with Gasteiger partial charge in [-0.25, -0.2) is 0 Å². The molecule has 0 bridgehead atoms. The van der Waals surface area contributed by atoms with Crippen molar-refractivity contribution in [3.8, 4) is 11.8 Å². The van der Waals surface area contributed by atoms with Gasteiger partial charge in [0.2, 0.25) is 0 Å². The van der Waals surface area contributed by atoms with Gasteiger partial charge in [-0.1, -0.05) is 18.3 Å². The standard InChI is InChI=1S/C15H27NO/c1-14(17-15(2,3)4)10-6-9-13-16-11-7-5-8-12-16/h14H,5,7-8,10-13H2,1-4H3. The molecule has 0 aromatic rings. The number of rotatable bonds is 3. The fraction of sp³-hybridized carbons (Fsp3) is 0.867. The van der Waals surface area contributed by atoms with Gasteiger partial charge in [-0.3, -0.25) is 4.90 Å². The van der Waals surface area contributed by atoms with E-state index in [1.165, 1.54) is 32.4 Å².